The maximum atomic E-state index is 11.7. The number of aliphatic hydroxyl groups is 1. The summed E-state index contributed by atoms with van der Waals surface area (Å²) in [6, 6.07) is 18.5. The van der Waals surface area contributed by atoms with Crippen LogP contribution in [0.1, 0.15) is 69.4 Å². The molecule has 1 N–H and O–H groups in total. The number of rotatable bonds is 10. The normalized spacial score (nSPS) is 17.6. The van der Waals surface area contributed by atoms with Crippen LogP contribution < -0.4 is 4.74 Å². The summed E-state index contributed by atoms with van der Waals surface area (Å²) in [7, 11) is 0. The fourth-order valence-corrected chi connectivity index (χ4v) is 4.33. The maximum absolute atomic E-state index is 11.7. The van der Waals surface area contributed by atoms with Crippen LogP contribution in [0.25, 0.3) is 0 Å². The average Bonchev–Trinajstić information content (AvgIpc) is 2.77. The van der Waals surface area contributed by atoms with Gasteiger partial charge in [0, 0.05) is 12.5 Å². The minimum absolute atomic E-state index is 0. The average molecular weight is 432 g/mol. The zero-order valence-corrected chi connectivity index (χ0v) is 19.4. The first kappa shape index (κ1) is 24.7. The highest BCUT2D eigenvalue weighted by Crippen LogP contribution is 2.38. The van der Waals surface area contributed by atoms with Gasteiger partial charge in [-0.05, 0) is 62.5 Å². The molecule has 2 unspecified atom stereocenters. The Hall–Kier alpha value is -1.55. The second kappa shape index (κ2) is 12.3. The van der Waals surface area contributed by atoms with Crippen molar-refractivity contribution in [3.05, 3.63) is 65.7 Å². The summed E-state index contributed by atoms with van der Waals surface area (Å²) < 4.78 is 5.85. The van der Waals surface area contributed by atoms with Gasteiger partial charge in [0.25, 0.3) is 0 Å². The molecule has 1 aliphatic heterocycles. The molecule has 1 heterocycles. The van der Waals surface area contributed by atoms with Gasteiger partial charge in [-0.15, -0.1) is 12.4 Å². The Morgan fingerprint density at radius 1 is 0.967 bits per heavy atom. The molecule has 0 saturated carbocycles. The van der Waals surface area contributed by atoms with Crippen LogP contribution in [-0.2, 0) is 5.60 Å². The number of ether oxygens (including phenoxy) is 1. The molecule has 166 valence electrons. The molecule has 0 bridgehead atoms. The molecule has 3 nitrogen and oxygen atoms in total. The quantitative estimate of drug-likeness (QED) is 0.457. The number of hydrogen-bond donors (Lipinski definition) is 1. The second-order valence-electron chi connectivity index (χ2n) is 8.55. The Morgan fingerprint density at radius 2 is 1.63 bits per heavy atom. The molecule has 0 aromatic heterocycles. The Labute approximate surface area is 188 Å². The lowest BCUT2D eigenvalue weighted by Crippen LogP contribution is -2.41. The van der Waals surface area contributed by atoms with Gasteiger partial charge in [0.1, 0.15) is 5.75 Å². The Balaban J connectivity index is 0.00000320. The lowest BCUT2D eigenvalue weighted by atomic mass is 9.78. The van der Waals surface area contributed by atoms with E-state index in [1.807, 2.05) is 37.3 Å². The standard InChI is InChI=1S/C26H37NO2.ClH/c1-3-4-11-20-29-24-16-14-23(15-17-24)26(2,28)25(22-12-7-5-8-13-22)21-27-18-9-6-10-19-27;/h5,7-8,12-17,25,28H,3-4,6,9-11,18-21H2,1-2H3;1H. The van der Waals surface area contributed by atoms with Crippen LogP contribution >= 0.6 is 12.4 Å². The molecule has 1 saturated heterocycles. The fraction of sp³-hybridized carbons (Fsp3) is 0.538. The minimum Gasteiger partial charge on any atom is -0.494 e. The van der Waals surface area contributed by atoms with Crippen LogP contribution in [0.5, 0.6) is 5.75 Å². The van der Waals surface area contributed by atoms with Crippen LogP contribution in [0.3, 0.4) is 0 Å². The van der Waals surface area contributed by atoms with Gasteiger partial charge in [-0.25, -0.2) is 0 Å². The van der Waals surface area contributed by atoms with Crippen LogP contribution in [0, 0.1) is 0 Å². The van der Waals surface area contributed by atoms with Gasteiger partial charge in [-0.3, -0.25) is 0 Å². The molecule has 2 aromatic rings. The van der Waals surface area contributed by atoms with E-state index in [9.17, 15) is 5.11 Å². The minimum atomic E-state index is -0.945. The Morgan fingerprint density at radius 3 is 2.27 bits per heavy atom. The number of halogens is 1. The van der Waals surface area contributed by atoms with Crippen molar-refractivity contribution < 1.29 is 9.84 Å². The van der Waals surface area contributed by atoms with Crippen molar-refractivity contribution in [3.63, 3.8) is 0 Å². The fourth-order valence-electron chi connectivity index (χ4n) is 4.33. The molecule has 0 aliphatic carbocycles. The van der Waals surface area contributed by atoms with E-state index in [4.69, 9.17) is 4.74 Å². The van der Waals surface area contributed by atoms with E-state index in [0.29, 0.717) is 0 Å². The molecule has 0 radical (unpaired) electrons. The Bertz CT molecular complexity index is 712. The summed E-state index contributed by atoms with van der Waals surface area (Å²) in [5.41, 5.74) is 1.20. The first-order chi connectivity index (χ1) is 14.1. The van der Waals surface area contributed by atoms with Crippen molar-refractivity contribution in [1.29, 1.82) is 0 Å². The first-order valence-electron chi connectivity index (χ1n) is 11.3. The predicted molar refractivity (Wildman–Crippen MR) is 128 cm³/mol. The SMILES string of the molecule is CCCCCOc1ccc(C(C)(O)C(CN2CCCCC2)c2ccccc2)cc1.Cl. The summed E-state index contributed by atoms with van der Waals surface area (Å²) in [5, 5.41) is 11.7. The zero-order chi connectivity index (χ0) is 20.5. The van der Waals surface area contributed by atoms with Gasteiger partial charge in [-0.2, -0.15) is 0 Å². The third-order valence-electron chi connectivity index (χ3n) is 6.23. The largest absolute Gasteiger partial charge is 0.494 e. The molecule has 2 atom stereocenters. The van der Waals surface area contributed by atoms with Gasteiger partial charge in [-0.1, -0.05) is 68.7 Å². The van der Waals surface area contributed by atoms with E-state index in [1.165, 1.54) is 37.7 Å². The molecule has 1 fully saturated rings. The van der Waals surface area contributed by atoms with Gasteiger partial charge in [0.2, 0.25) is 0 Å². The zero-order valence-electron chi connectivity index (χ0n) is 18.6. The van der Waals surface area contributed by atoms with Crippen molar-refractivity contribution >= 4 is 12.4 Å². The Kier molecular flexibility index (Phi) is 10.2. The van der Waals surface area contributed by atoms with Crippen LogP contribution in [0.2, 0.25) is 0 Å². The van der Waals surface area contributed by atoms with Gasteiger partial charge >= 0.3 is 0 Å². The number of benzene rings is 2. The smallest absolute Gasteiger partial charge is 0.119 e. The van der Waals surface area contributed by atoms with Crippen molar-refractivity contribution in [2.75, 3.05) is 26.2 Å². The molecule has 4 heteroatoms. The van der Waals surface area contributed by atoms with E-state index in [1.54, 1.807) is 0 Å². The van der Waals surface area contributed by atoms with Gasteiger partial charge in [0.05, 0.1) is 12.2 Å². The third-order valence-corrected chi connectivity index (χ3v) is 6.23. The lowest BCUT2D eigenvalue weighted by Gasteiger charge is -2.38. The lowest BCUT2D eigenvalue weighted by molar-refractivity contribution is 0.0107. The molecule has 30 heavy (non-hydrogen) atoms. The molecule has 3 rings (SSSR count). The topological polar surface area (TPSA) is 32.7 Å². The monoisotopic (exact) mass is 431 g/mol. The maximum Gasteiger partial charge on any atom is 0.119 e. The summed E-state index contributed by atoms with van der Waals surface area (Å²) in [6.45, 7) is 8.06. The van der Waals surface area contributed by atoms with Crippen LogP contribution in [-0.4, -0.2) is 36.2 Å². The first-order valence-corrected chi connectivity index (χ1v) is 11.3. The number of likely N-dealkylation sites (tertiary alicyclic amines) is 1. The van der Waals surface area contributed by atoms with Crippen LogP contribution in [0.4, 0.5) is 0 Å². The van der Waals surface area contributed by atoms with E-state index in [0.717, 1.165) is 44.0 Å². The third kappa shape index (κ3) is 6.73. The summed E-state index contributed by atoms with van der Waals surface area (Å²) in [6.07, 6.45) is 7.32. The molecule has 1 aliphatic rings. The summed E-state index contributed by atoms with van der Waals surface area (Å²) in [4.78, 5) is 2.51. The van der Waals surface area contributed by atoms with Gasteiger partial charge in [0.15, 0.2) is 0 Å². The van der Waals surface area contributed by atoms with Crippen molar-refractivity contribution in [2.45, 2.75) is 63.9 Å². The van der Waals surface area contributed by atoms with E-state index >= 15 is 0 Å². The number of hydrogen-bond acceptors (Lipinski definition) is 3. The van der Waals surface area contributed by atoms with Crippen molar-refractivity contribution in [3.8, 4) is 5.75 Å². The highest BCUT2D eigenvalue weighted by molar-refractivity contribution is 5.85. The molecular weight excluding hydrogens is 394 g/mol. The summed E-state index contributed by atoms with van der Waals surface area (Å²) >= 11 is 0. The highest BCUT2D eigenvalue weighted by Gasteiger charge is 2.36. The van der Waals surface area contributed by atoms with Crippen molar-refractivity contribution in [1.82, 2.24) is 4.90 Å². The molecular formula is C26H38ClNO2. The van der Waals surface area contributed by atoms with E-state index < -0.39 is 5.60 Å². The molecule has 2 aromatic carbocycles. The van der Waals surface area contributed by atoms with E-state index in [2.05, 4.69) is 36.1 Å². The number of piperidine rings is 1. The number of nitrogens with zero attached hydrogens (tertiary/aromatic N) is 1. The van der Waals surface area contributed by atoms with Crippen LogP contribution in [0.15, 0.2) is 54.6 Å². The predicted octanol–water partition coefficient (Wildman–Crippen LogP) is 6.15. The van der Waals surface area contributed by atoms with Gasteiger partial charge < -0.3 is 14.7 Å². The highest BCUT2D eigenvalue weighted by atomic mass is 35.5. The molecule has 0 amide bonds. The number of unbranched alkanes of at least 4 members (excludes halogenated alkanes) is 2. The second-order valence-corrected chi connectivity index (χ2v) is 8.55. The van der Waals surface area contributed by atoms with E-state index in [-0.39, 0.29) is 18.3 Å². The summed E-state index contributed by atoms with van der Waals surface area (Å²) in [5.74, 6) is 0.908. The van der Waals surface area contributed by atoms with Crippen molar-refractivity contribution in [2.24, 2.45) is 0 Å². The molecule has 0 spiro atoms.